The van der Waals surface area contributed by atoms with Crippen LogP contribution in [0.25, 0.3) is 11.0 Å². The topological polar surface area (TPSA) is 87.5 Å². The number of nitrogens with zero attached hydrogens (tertiary/aromatic N) is 7. The molecule has 176 valence electrons. The molecule has 2 aromatic heterocycles. The molecule has 0 unspecified atom stereocenters. The van der Waals surface area contributed by atoms with Gasteiger partial charge in [0.1, 0.15) is 5.82 Å². The third-order valence-electron chi connectivity index (χ3n) is 6.64. The predicted octanol–water partition coefficient (Wildman–Crippen LogP) is 2.34. The van der Waals surface area contributed by atoms with Gasteiger partial charge in [-0.1, -0.05) is 6.42 Å². The quantitative estimate of drug-likeness (QED) is 0.548. The van der Waals surface area contributed by atoms with Crippen molar-refractivity contribution in [3.05, 3.63) is 42.5 Å². The summed E-state index contributed by atoms with van der Waals surface area (Å²) in [5.74, 6) is 1.75. The van der Waals surface area contributed by atoms with Crippen LogP contribution in [0.2, 0.25) is 0 Å². The van der Waals surface area contributed by atoms with Crippen molar-refractivity contribution < 1.29 is 8.42 Å². The number of sulfonamides is 1. The molecule has 0 N–H and O–H groups in total. The van der Waals surface area contributed by atoms with Gasteiger partial charge in [-0.2, -0.15) is 4.31 Å². The van der Waals surface area contributed by atoms with Crippen LogP contribution in [0.5, 0.6) is 0 Å². The van der Waals surface area contributed by atoms with E-state index in [0.717, 1.165) is 81.3 Å². The lowest BCUT2D eigenvalue weighted by Crippen LogP contribution is -2.46. The molecular formula is C23H31N7O2S. The lowest BCUT2D eigenvalue weighted by molar-refractivity contribution is 0.240. The minimum atomic E-state index is -3.47. The molecule has 2 saturated heterocycles. The monoisotopic (exact) mass is 469 g/mol. The van der Waals surface area contributed by atoms with Crippen molar-refractivity contribution in [2.75, 3.05) is 44.2 Å². The molecule has 0 bridgehead atoms. The van der Waals surface area contributed by atoms with Crippen molar-refractivity contribution in [1.82, 2.24) is 28.7 Å². The smallest absolute Gasteiger partial charge is 0.243 e. The van der Waals surface area contributed by atoms with Crippen molar-refractivity contribution in [1.29, 1.82) is 0 Å². The fourth-order valence-corrected chi connectivity index (χ4v) is 6.35. The number of hydrogen-bond donors (Lipinski definition) is 0. The van der Waals surface area contributed by atoms with Crippen LogP contribution in [0.1, 0.15) is 32.0 Å². The maximum Gasteiger partial charge on any atom is 0.243 e. The molecule has 0 spiro atoms. The van der Waals surface area contributed by atoms with E-state index in [1.807, 2.05) is 12.1 Å². The van der Waals surface area contributed by atoms with E-state index in [9.17, 15) is 8.42 Å². The molecule has 0 saturated carbocycles. The summed E-state index contributed by atoms with van der Waals surface area (Å²) in [4.78, 5) is 18.5. The summed E-state index contributed by atoms with van der Waals surface area (Å²) >= 11 is 0. The Balaban J connectivity index is 1.33. The Morgan fingerprint density at radius 2 is 1.67 bits per heavy atom. The average Bonchev–Trinajstić information content (AvgIpc) is 3.21. The molecule has 2 aliphatic rings. The number of hydrogen-bond acceptors (Lipinski definition) is 7. The standard InChI is InChI=1S/C23H31N7O2S/c1-2-30-21-8-7-19(33(31,32)29-11-4-3-5-12-29)17-20(21)26-22(30)18-27-13-15-28(16-14-27)23-24-9-6-10-25-23/h6-10,17H,2-5,11-16,18H2,1H3. The summed E-state index contributed by atoms with van der Waals surface area (Å²) in [6.45, 7) is 8.39. The first-order valence-electron chi connectivity index (χ1n) is 11.8. The van der Waals surface area contributed by atoms with Crippen molar-refractivity contribution in [2.24, 2.45) is 0 Å². The van der Waals surface area contributed by atoms with Crippen molar-refractivity contribution >= 4 is 27.0 Å². The molecule has 2 fully saturated rings. The Labute approximate surface area is 195 Å². The maximum atomic E-state index is 13.1. The van der Waals surface area contributed by atoms with Crippen LogP contribution < -0.4 is 4.90 Å². The van der Waals surface area contributed by atoms with Crippen LogP contribution >= 0.6 is 0 Å². The first kappa shape index (κ1) is 22.2. The highest BCUT2D eigenvalue weighted by Gasteiger charge is 2.27. The fraction of sp³-hybridized carbons (Fsp3) is 0.522. The lowest BCUT2D eigenvalue weighted by atomic mass is 10.2. The largest absolute Gasteiger partial charge is 0.338 e. The molecule has 0 atom stereocenters. The number of anilines is 1. The highest BCUT2D eigenvalue weighted by Crippen LogP contribution is 2.25. The van der Waals surface area contributed by atoms with Crippen LogP contribution in [-0.4, -0.2) is 76.4 Å². The third-order valence-corrected chi connectivity index (χ3v) is 8.53. The van der Waals surface area contributed by atoms with Crippen molar-refractivity contribution in [3.63, 3.8) is 0 Å². The van der Waals surface area contributed by atoms with Gasteiger partial charge < -0.3 is 9.47 Å². The SMILES string of the molecule is CCn1c(CN2CCN(c3ncccn3)CC2)nc2cc(S(=O)(=O)N3CCCCC3)ccc21. The van der Waals surface area contributed by atoms with Gasteiger partial charge in [0, 0.05) is 58.2 Å². The number of rotatable bonds is 6. The molecular weight excluding hydrogens is 438 g/mol. The van der Waals surface area contributed by atoms with Gasteiger partial charge in [-0.25, -0.2) is 23.4 Å². The number of aryl methyl sites for hydroxylation is 1. The molecule has 10 heteroatoms. The van der Waals surface area contributed by atoms with E-state index in [-0.39, 0.29) is 0 Å². The highest BCUT2D eigenvalue weighted by molar-refractivity contribution is 7.89. The number of imidazole rings is 1. The first-order valence-corrected chi connectivity index (χ1v) is 13.2. The van der Waals surface area contributed by atoms with Gasteiger partial charge in [-0.3, -0.25) is 4.90 Å². The van der Waals surface area contributed by atoms with Gasteiger partial charge in [0.25, 0.3) is 0 Å². The van der Waals surface area contributed by atoms with Crippen LogP contribution in [-0.2, 0) is 23.1 Å². The Bertz CT molecular complexity index is 1200. The normalized spacial score (nSPS) is 18.8. The Morgan fingerprint density at radius 1 is 0.939 bits per heavy atom. The molecule has 2 aliphatic heterocycles. The number of benzene rings is 1. The zero-order chi connectivity index (χ0) is 22.8. The Hall–Kier alpha value is -2.56. The van der Waals surface area contributed by atoms with Crippen LogP contribution in [0, 0.1) is 0 Å². The Kier molecular flexibility index (Phi) is 6.31. The van der Waals surface area contributed by atoms with Crippen molar-refractivity contribution in [2.45, 2.75) is 44.2 Å². The molecule has 4 heterocycles. The van der Waals surface area contributed by atoms with Crippen LogP contribution in [0.3, 0.4) is 0 Å². The van der Waals surface area contributed by atoms with Gasteiger partial charge >= 0.3 is 0 Å². The van der Waals surface area contributed by atoms with Crippen molar-refractivity contribution in [3.8, 4) is 0 Å². The summed E-state index contributed by atoms with van der Waals surface area (Å²) < 4.78 is 30.1. The second kappa shape index (κ2) is 9.36. The number of piperazine rings is 1. The van der Waals surface area contributed by atoms with Crippen LogP contribution in [0.4, 0.5) is 5.95 Å². The van der Waals surface area contributed by atoms with E-state index in [0.29, 0.717) is 18.0 Å². The second-order valence-electron chi connectivity index (χ2n) is 8.70. The van der Waals surface area contributed by atoms with Gasteiger partial charge in [0.15, 0.2) is 0 Å². The number of aromatic nitrogens is 4. The van der Waals surface area contributed by atoms with Gasteiger partial charge in [0.05, 0.1) is 22.5 Å². The summed E-state index contributed by atoms with van der Waals surface area (Å²) in [5, 5.41) is 0. The number of fused-ring (bicyclic) bond motifs is 1. The zero-order valence-corrected chi connectivity index (χ0v) is 19.9. The van der Waals surface area contributed by atoms with E-state index >= 15 is 0 Å². The summed E-state index contributed by atoms with van der Waals surface area (Å²) in [6.07, 6.45) is 6.51. The van der Waals surface area contributed by atoms with E-state index < -0.39 is 10.0 Å². The molecule has 33 heavy (non-hydrogen) atoms. The summed E-state index contributed by atoms with van der Waals surface area (Å²) in [6, 6.07) is 7.23. The van der Waals surface area contributed by atoms with Gasteiger partial charge in [-0.05, 0) is 44.0 Å². The predicted molar refractivity (Wildman–Crippen MR) is 128 cm³/mol. The maximum absolute atomic E-state index is 13.1. The van der Waals surface area contributed by atoms with Gasteiger partial charge in [-0.15, -0.1) is 0 Å². The van der Waals surface area contributed by atoms with Gasteiger partial charge in [0.2, 0.25) is 16.0 Å². The molecule has 1 aromatic carbocycles. The average molecular weight is 470 g/mol. The minimum Gasteiger partial charge on any atom is -0.338 e. The summed E-state index contributed by atoms with van der Waals surface area (Å²) in [5.41, 5.74) is 1.74. The molecule has 0 radical (unpaired) electrons. The third kappa shape index (κ3) is 4.47. The second-order valence-corrected chi connectivity index (χ2v) is 10.6. The first-order chi connectivity index (χ1) is 16.1. The highest BCUT2D eigenvalue weighted by atomic mass is 32.2. The summed E-state index contributed by atoms with van der Waals surface area (Å²) in [7, 11) is -3.47. The fourth-order valence-electron chi connectivity index (χ4n) is 4.81. The molecule has 9 nitrogen and oxygen atoms in total. The van der Waals surface area contributed by atoms with Crippen LogP contribution in [0.15, 0.2) is 41.6 Å². The number of piperidine rings is 1. The van der Waals surface area contributed by atoms with E-state index in [2.05, 4.69) is 31.3 Å². The van der Waals surface area contributed by atoms with E-state index in [1.165, 1.54) is 0 Å². The Morgan fingerprint density at radius 3 is 2.36 bits per heavy atom. The molecule has 0 aliphatic carbocycles. The van der Waals surface area contributed by atoms with E-state index in [4.69, 9.17) is 4.98 Å². The molecule has 5 rings (SSSR count). The zero-order valence-electron chi connectivity index (χ0n) is 19.1. The molecule has 0 amide bonds. The van der Waals surface area contributed by atoms with E-state index in [1.54, 1.807) is 28.8 Å². The lowest BCUT2D eigenvalue weighted by Gasteiger charge is -2.34. The minimum absolute atomic E-state index is 0.348. The molecule has 3 aromatic rings.